The van der Waals surface area contributed by atoms with E-state index >= 15 is 0 Å². The molecule has 0 bridgehead atoms. The van der Waals surface area contributed by atoms with Gasteiger partial charge in [0.15, 0.2) is 0 Å². The second-order valence-electron chi connectivity index (χ2n) is 8.60. The number of carbonyl (C=O) groups is 1. The number of hydrogen-bond acceptors (Lipinski definition) is 6. The van der Waals surface area contributed by atoms with E-state index in [1.807, 2.05) is 48.5 Å². The number of phenolic OH excluding ortho intramolecular Hbond substituents is 1. The Morgan fingerprint density at radius 3 is 2.76 bits per heavy atom. The second kappa shape index (κ2) is 9.65. The van der Waals surface area contributed by atoms with Gasteiger partial charge in [0.2, 0.25) is 0 Å². The number of anilines is 1. The molecule has 1 fully saturated rings. The largest absolute Gasteiger partial charge is 0.507 e. The van der Waals surface area contributed by atoms with Crippen LogP contribution in [0.4, 0.5) is 5.69 Å². The van der Waals surface area contributed by atoms with E-state index in [9.17, 15) is 9.90 Å². The Hall–Kier alpha value is -3.71. The number of rotatable bonds is 7. The van der Waals surface area contributed by atoms with Crippen LogP contribution in [0.2, 0.25) is 0 Å². The number of ether oxygens (including phenoxy) is 3. The highest BCUT2D eigenvalue weighted by Gasteiger charge is 2.31. The summed E-state index contributed by atoms with van der Waals surface area (Å²) in [6, 6.07) is 19.1. The van der Waals surface area contributed by atoms with Crippen molar-refractivity contribution in [1.82, 2.24) is 4.90 Å². The van der Waals surface area contributed by atoms with Crippen molar-refractivity contribution >= 4 is 11.6 Å². The van der Waals surface area contributed by atoms with Gasteiger partial charge in [-0.2, -0.15) is 0 Å². The summed E-state index contributed by atoms with van der Waals surface area (Å²) in [7, 11) is 1.51. The van der Waals surface area contributed by atoms with E-state index in [0.717, 1.165) is 35.4 Å². The number of amides is 1. The van der Waals surface area contributed by atoms with E-state index in [1.54, 1.807) is 11.0 Å². The van der Waals surface area contributed by atoms with Gasteiger partial charge in [-0.15, -0.1) is 0 Å². The second-order valence-corrected chi connectivity index (χ2v) is 8.60. The van der Waals surface area contributed by atoms with E-state index in [2.05, 4.69) is 5.32 Å². The molecule has 3 aromatic carbocycles. The fourth-order valence-corrected chi connectivity index (χ4v) is 4.49. The van der Waals surface area contributed by atoms with Crippen molar-refractivity contribution in [2.24, 2.45) is 0 Å². The molecule has 1 saturated heterocycles. The first-order valence-electron chi connectivity index (χ1n) is 11.4. The summed E-state index contributed by atoms with van der Waals surface area (Å²) in [5.74, 6) is 0.273. The van der Waals surface area contributed by atoms with Gasteiger partial charge in [0.05, 0.1) is 19.8 Å². The first-order valence-corrected chi connectivity index (χ1v) is 11.4. The molecular weight excluding hydrogens is 432 g/mol. The van der Waals surface area contributed by atoms with Crippen LogP contribution < -0.4 is 14.8 Å². The number of fused-ring (bicyclic) bond motifs is 1. The fraction of sp³-hybridized carbons (Fsp3) is 0.296. The van der Waals surface area contributed by atoms with E-state index in [-0.39, 0.29) is 29.9 Å². The monoisotopic (exact) mass is 460 g/mol. The minimum atomic E-state index is -0.283. The summed E-state index contributed by atoms with van der Waals surface area (Å²) in [5.41, 5.74) is 4.33. The van der Waals surface area contributed by atoms with Crippen molar-refractivity contribution in [3.63, 3.8) is 0 Å². The molecule has 7 nitrogen and oxygen atoms in total. The molecule has 7 heteroatoms. The molecule has 1 amide bonds. The van der Waals surface area contributed by atoms with Gasteiger partial charge in [-0.25, -0.2) is 0 Å². The van der Waals surface area contributed by atoms with Crippen molar-refractivity contribution in [2.75, 3.05) is 25.6 Å². The first kappa shape index (κ1) is 22.1. The Labute approximate surface area is 198 Å². The van der Waals surface area contributed by atoms with E-state index in [4.69, 9.17) is 14.2 Å². The SMILES string of the molecule is COc1cc(O)c(C(=O)N2Cc3cccc(N[C@H]4CCOC4)c3C2)c(OCc2ccccc2)c1. The maximum absolute atomic E-state index is 13.6. The van der Waals surface area contributed by atoms with Crippen LogP contribution in [-0.2, 0) is 24.4 Å². The maximum atomic E-state index is 13.6. The van der Waals surface area contributed by atoms with E-state index < -0.39 is 0 Å². The van der Waals surface area contributed by atoms with E-state index in [1.165, 1.54) is 13.2 Å². The molecule has 0 saturated carbocycles. The van der Waals surface area contributed by atoms with Crippen molar-refractivity contribution in [3.05, 3.63) is 82.9 Å². The highest BCUT2D eigenvalue weighted by molar-refractivity contribution is 6.00. The van der Waals surface area contributed by atoms with Crippen LogP contribution in [0.25, 0.3) is 0 Å². The Bertz CT molecular complexity index is 1180. The summed E-state index contributed by atoms with van der Waals surface area (Å²) in [5, 5.41) is 14.3. The zero-order valence-corrected chi connectivity index (χ0v) is 19.1. The average Bonchev–Trinajstić information content (AvgIpc) is 3.53. The van der Waals surface area contributed by atoms with Gasteiger partial charge >= 0.3 is 0 Å². The molecule has 5 rings (SSSR count). The molecule has 0 radical (unpaired) electrons. The van der Waals surface area contributed by atoms with Gasteiger partial charge in [0, 0.05) is 37.5 Å². The molecule has 3 aromatic rings. The van der Waals surface area contributed by atoms with Crippen LogP contribution in [0.15, 0.2) is 60.7 Å². The van der Waals surface area contributed by atoms with Gasteiger partial charge in [-0.05, 0) is 29.2 Å². The molecule has 2 aliphatic heterocycles. The van der Waals surface area contributed by atoms with Gasteiger partial charge in [-0.1, -0.05) is 42.5 Å². The van der Waals surface area contributed by atoms with Gasteiger partial charge in [0.25, 0.3) is 5.91 Å². The first-order chi connectivity index (χ1) is 16.6. The van der Waals surface area contributed by atoms with Crippen molar-refractivity contribution in [3.8, 4) is 17.2 Å². The highest BCUT2D eigenvalue weighted by atomic mass is 16.5. The summed E-state index contributed by atoms with van der Waals surface area (Å²) in [6.45, 7) is 2.64. The standard InChI is InChI=1S/C27H28N2O5/c1-32-21-12-24(30)26(25(13-21)34-16-18-6-3-2-4-7-18)27(31)29-14-19-8-5-9-23(22(19)15-29)28-20-10-11-33-17-20/h2-9,12-13,20,28,30H,10-11,14-17H2,1H3/t20-/m0/s1. The van der Waals surface area contributed by atoms with E-state index in [0.29, 0.717) is 31.2 Å². The molecule has 1 atom stereocenters. The summed E-state index contributed by atoms with van der Waals surface area (Å²) in [4.78, 5) is 15.4. The van der Waals surface area contributed by atoms with Gasteiger partial charge in [0.1, 0.15) is 29.4 Å². The number of aromatic hydroxyl groups is 1. The minimum Gasteiger partial charge on any atom is -0.507 e. The number of phenols is 1. The Kier molecular flexibility index (Phi) is 6.27. The third-order valence-electron chi connectivity index (χ3n) is 6.30. The third-order valence-corrected chi connectivity index (χ3v) is 6.30. The quantitative estimate of drug-likeness (QED) is 0.546. The lowest BCUT2D eigenvalue weighted by atomic mass is 10.1. The molecule has 0 aromatic heterocycles. The average molecular weight is 461 g/mol. The van der Waals surface area contributed by atoms with Crippen LogP contribution >= 0.6 is 0 Å². The fourth-order valence-electron chi connectivity index (χ4n) is 4.49. The van der Waals surface area contributed by atoms with Crippen LogP contribution in [0.5, 0.6) is 17.2 Å². The zero-order valence-electron chi connectivity index (χ0n) is 19.1. The number of carbonyl (C=O) groups excluding carboxylic acids is 1. The number of hydrogen-bond donors (Lipinski definition) is 2. The summed E-state index contributed by atoms with van der Waals surface area (Å²) >= 11 is 0. The van der Waals surface area contributed by atoms with Crippen LogP contribution in [0.3, 0.4) is 0 Å². The lowest BCUT2D eigenvalue weighted by Gasteiger charge is -2.20. The van der Waals surface area contributed by atoms with Gasteiger partial charge < -0.3 is 29.5 Å². The van der Waals surface area contributed by atoms with Crippen LogP contribution in [0, 0.1) is 0 Å². The highest BCUT2D eigenvalue weighted by Crippen LogP contribution is 2.38. The molecule has 2 aliphatic rings. The van der Waals surface area contributed by atoms with Crippen LogP contribution in [-0.4, -0.2) is 42.3 Å². The van der Waals surface area contributed by atoms with Crippen molar-refractivity contribution < 1.29 is 24.1 Å². The molecule has 176 valence electrons. The number of methoxy groups -OCH3 is 1. The molecule has 2 heterocycles. The number of benzene rings is 3. The predicted octanol–water partition coefficient (Wildman–Crippen LogP) is 4.34. The molecular formula is C27H28N2O5. The van der Waals surface area contributed by atoms with Crippen molar-refractivity contribution in [1.29, 1.82) is 0 Å². The minimum absolute atomic E-state index is 0.142. The molecule has 2 N–H and O–H groups in total. The smallest absolute Gasteiger partial charge is 0.262 e. The number of nitrogens with zero attached hydrogens (tertiary/aromatic N) is 1. The Morgan fingerprint density at radius 1 is 1.15 bits per heavy atom. The summed E-state index contributed by atoms with van der Waals surface area (Å²) < 4.78 is 16.8. The molecule has 0 aliphatic carbocycles. The van der Waals surface area contributed by atoms with Crippen molar-refractivity contribution in [2.45, 2.75) is 32.2 Å². The Balaban J connectivity index is 1.39. The number of nitrogens with one attached hydrogen (secondary N) is 1. The molecule has 34 heavy (non-hydrogen) atoms. The summed E-state index contributed by atoms with van der Waals surface area (Å²) in [6.07, 6.45) is 0.966. The molecule has 0 spiro atoms. The van der Waals surface area contributed by atoms with Gasteiger partial charge in [-0.3, -0.25) is 4.79 Å². The lowest BCUT2D eigenvalue weighted by Crippen LogP contribution is -2.26. The maximum Gasteiger partial charge on any atom is 0.262 e. The zero-order chi connectivity index (χ0) is 23.5. The predicted molar refractivity (Wildman–Crippen MR) is 128 cm³/mol. The Morgan fingerprint density at radius 2 is 2.00 bits per heavy atom. The topological polar surface area (TPSA) is 80.3 Å². The normalized spacial score (nSPS) is 16.9. The third kappa shape index (κ3) is 4.52. The van der Waals surface area contributed by atoms with Crippen LogP contribution in [0.1, 0.15) is 33.5 Å². The lowest BCUT2D eigenvalue weighted by molar-refractivity contribution is 0.0743. The molecule has 0 unspecified atom stereocenters.